The highest BCUT2D eigenvalue weighted by atomic mass is 32.2. The number of hydrogen-bond donors (Lipinski definition) is 1. The first-order valence-corrected chi connectivity index (χ1v) is 12.7. The van der Waals surface area contributed by atoms with Crippen LogP contribution in [-0.2, 0) is 15.8 Å². The Labute approximate surface area is 183 Å². The summed E-state index contributed by atoms with van der Waals surface area (Å²) in [5.74, 6) is 2.17. The van der Waals surface area contributed by atoms with Gasteiger partial charge in [-0.05, 0) is 79.9 Å². The molecule has 1 amide bonds. The van der Waals surface area contributed by atoms with Gasteiger partial charge in [0.2, 0.25) is 5.91 Å². The number of nitrogens with one attached hydrogen (secondary N) is 1. The van der Waals surface area contributed by atoms with Crippen LogP contribution in [0.1, 0.15) is 52.4 Å². The number of likely N-dealkylation sites (N-methyl/N-ethyl adjacent to an activating group) is 1. The van der Waals surface area contributed by atoms with E-state index >= 15 is 0 Å². The Bertz CT molecular complexity index is 886. The van der Waals surface area contributed by atoms with Gasteiger partial charge in [-0.1, -0.05) is 38.1 Å². The third kappa shape index (κ3) is 2.96. The fraction of sp³-hybridized carbons (Fsp3) is 0.640. The van der Waals surface area contributed by atoms with Gasteiger partial charge in [-0.3, -0.25) is 4.79 Å². The van der Waals surface area contributed by atoms with Gasteiger partial charge in [0.25, 0.3) is 0 Å². The van der Waals surface area contributed by atoms with Crippen LogP contribution in [0.4, 0.5) is 0 Å². The summed E-state index contributed by atoms with van der Waals surface area (Å²) in [5, 5.41) is 0. The fourth-order valence-corrected chi connectivity index (χ4v) is 8.86. The molecule has 1 heterocycles. The Morgan fingerprint density at radius 2 is 1.80 bits per heavy atom. The lowest BCUT2D eigenvalue weighted by atomic mass is 9.48. The molecule has 4 nitrogen and oxygen atoms in total. The van der Waals surface area contributed by atoms with E-state index in [0.29, 0.717) is 29.8 Å². The molecule has 3 fully saturated rings. The number of benzene rings is 1. The molecule has 1 aromatic carbocycles. The molecule has 1 aliphatic heterocycles. The van der Waals surface area contributed by atoms with Crippen LogP contribution in [0.3, 0.4) is 0 Å². The van der Waals surface area contributed by atoms with Gasteiger partial charge in [0.05, 0.1) is 4.90 Å². The largest absolute Gasteiger partial charge is 0.338 e. The normalized spacial score (nSPS) is 43.6. The lowest BCUT2D eigenvalue weighted by Gasteiger charge is -2.60. The van der Waals surface area contributed by atoms with Gasteiger partial charge in [0.15, 0.2) is 0 Å². The number of rotatable bonds is 3. The van der Waals surface area contributed by atoms with E-state index in [2.05, 4.69) is 24.6 Å². The molecule has 5 heteroatoms. The number of carbonyl (C=O) groups excluding carboxylic acids is 1. The smallest absolute Gasteiger partial charge is 0.246 e. The summed E-state index contributed by atoms with van der Waals surface area (Å²) < 4.78 is 16.5. The topological polar surface area (TPSA) is 49.4 Å². The van der Waals surface area contributed by atoms with Crippen molar-refractivity contribution in [2.75, 3.05) is 7.05 Å². The van der Waals surface area contributed by atoms with Crippen molar-refractivity contribution in [2.24, 2.45) is 28.6 Å². The highest BCUT2D eigenvalue weighted by Gasteiger charge is 2.60. The number of carbonyl (C=O) groups is 1. The lowest BCUT2D eigenvalue weighted by Crippen LogP contribution is -2.60. The second kappa shape index (κ2) is 7.30. The van der Waals surface area contributed by atoms with Crippen molar-refractivity contribution in [1.82, 2.24) is 9.62 Å². The maximum Gasteiger partial charge on any atom is 0.246 e. The van der Waals surface area contributed by atoms with Crippen molar-refractivity contribution in [2.45, 2.75) is 69.4 Å². The van der Waals surface area contributed by atoms with Crippen LogP contribution < -0.4 is 4.72 Å². The molecule has 1 N–H and O–H groups in total. The lowest BCUT2D eigenvalue weighted by molar-refractivity contribution is -0.138. The molecule has 8 atom stereocenters. The molecule has 3 unspecified atom stereocenters. The highest BCUT2D eigenvalue weighted by molar-refractivity contribution is 7.83. The van der Waals surface area contributed by atoms with Crippen molar-refractivity contribution in [1.29, 1.82) is 0 Å². The summed E-state index contributed by atoms with van der Waals surface area (Å²) in [6.07, 6.45) is 11.1. The minimum atomic E-state index is -1.15. The van der Waals surface area contributed by atoms with Crippen LogP contribution in [-0.4, -0.2) is 34.1 Å². The summed E-state index contributed by atoms with van der Waals surface area (Å²) in [5.41, 5.74) is 0.292. The summed E-state index contributed by atoms with van der Waals surface area (Å²) in [4.78, 5) is 15.1. The van der Waals surface area contributed by atoms with Gasteiger partial charge >= 0.3 is 0 Å². The van der Waals surface area contributed by atoms with Gasteiger partial charge in [-0.15, -0.1) is 0 Å². The molecule has 3 saturated carbocycles. The molecular formula is C25H34N2O2S. The van der Waals surface area contributed by atoms with Crippen molar-refractivity contribution in [3.05, 3.63) is 42.5 Å². The first kappa shape index (κ1) is 20.4. The van der Waals surface area contributed by atoms with Gasteiger partial charge in [-0.25, -0.2) is 8.93 Å². The maximum absolute atomic E-state index is 13.0. The van der Waals surface area contributed by atoms with E-state index < -0.39 is 11.0 Å². The number of amides is 1. The van der Waals surface area contributed by atoms with Crippen LogP contribution in [0.15, 0.2) is 47.4 Å². The van der Waals surface area contributed by atoms with E-state index in [0.717, 1.165) is 17.7 Å². The van der Waals surface area contributed by atoms with E-state index in [4.69, 9.17) is 0 Å². The molecule has 162 valence electrons. The molecule has 4 aliphatic rings. The molecule has 0 saturated heterocycles. The van der Waals surface area contributed by atoms with Crippen LogP contribution in [0.5, 0.6) is 0 Å². The van der Waals surface area contributed by atoms with E-state index in [1.165, 1.54) is 25.7 Å². The minimum absolute atomic E-state index is 0.0886. The molecule has 0 bridgehead atoms. The van der Waals surface area contributed by atoms with E-state index in [9.17, 15) is 9.00 Å². The average molecular weight is 427 g/mol. The standard InChI is InChI=1S/C25H34N2O2S/c1-24-15-13-20-18(9-12-22-25(20,2)16-14-23(28)27(22)3)19(24)10-11-21(24)26-30(29)17-7-5-4-6-8-17/h4-8,14,16,18-22,26H,9-13,15H2,1-3H3/t18-,19-,20+,21?,22?,24-,25+,30?/m0/s1. The molecular weight excluding hydrogens is 392 g/mol. The van der Waals surface area contributed by atoms with Crippen molar-refractivity contribution >= 4 is 16.9 Å². The first-order chi connectivity index (χ1) is 14.3. The van der Waals surface area contributed by atoms with Crippen molar-refractivity contribution in [3.63, 3.8) is 0 Å². The molecule has 3 aliphatic carbocycles. The Morgan fingerprint density at radius 3 is 2.57 bits per heavy atom. The summed E-state index contributed by atoms with van der Waals surface area (Å²) in [7, 11) is 0.830. The van der Waals surface area contributed by atoms with Gasteiger partial charge in [0, 0.05) is 24.5 Å². The molecule has 0 spiro atoms. The van der Waals surface area contributed by atoms with E-state index in [1.54, 1.807) is 0 Å². The first-order valence-electron chi connectivity index (χ1n) is 11.5. The zero-order valence-electron chi connectivity index (χ0n) is 18.3. The Morgan fingerprint density at radius 1 is 1.03 bits per heavy atom. The summed E-state index contributed by atoms with van der Waals surface area (Å²) in [6, 6.07) is 10.4. The number of nitrogens with zero attached hydrogens (tertiary/aromatic N) is 1. The molecule has 30 heavy (non-hydrogen) atoms. The van der Waals surface area contributed by atoms with Gasteiger partial charge in [-0.2, -0.15) is 0 Å². The fourth-order valence-electron chi connectivity index (χ4n) is 7.67. The Kier molecular flexibility index (Phi) is 4.98. The second-order valence-corrected chi connectivity index (χ2v) is 11.7. The molecule has 0 aromatic heterocycles. The summed E-state index contributed by atoms with van der Waals surface area (Å²) >= 11 is 0. The average Bonchev–Trinajstić information content (AvgIpc) is 3.08. The van der Waals surface area contributed by atoms with Gasteiger partial charge < -0.3 is 4.90 Å². The van der Waals surface area contributed by atoms with E-state index in [1.807, 2.05) is 48.4 Å². The van der Waals surface area contributed by atoms with Crippen LogP contribution >= 0.6 is 0 Å². The maximum atomic E-state index is 13.0. The second-order valence-electron chi connectivity index (χ2n) is 10.5. The predicted octanol–water partition coefficient (Wildman–Crippen LogP) is 4.31. The third-order valence-corrected chi connectivity index (χ3v) is 10.5. The van der Waals surface area contributed by atoms with Crippen molar-refractivity contribution in [3.8, 4) is 0 Å². The predicted molar refractivity (Wildman–Crippen MR) is 120 cm³/mol. The minimum Gasteiger partial charge on any atom is -0.338 e. The molecule has 1 aromatic rings. The monoisotopic (exact) mass is 426 g/mol. The summed E-state index contributed by atoms with van der Waals surface area (Å²) in [6.45, 7) is 4.84. The van der Waals surface area contributed by atoms with Gasteiger partial charge in [0.1, 0.15) is 11.0 Å². The zero-order valence-corrected chi connectivity index (χ0v) is 19.2. The third-order valence-electron chi connectivity index (χ3n) is 9.33. The van der Waals surface area contributed by atoms with Crippen LogP contribution in [0.2, 0.25) is 0 Å². The number of fused-ring (bicyclic) bond motifs is 5. The number of hydrogen-bond acceptors (Lipinski definition) is 2. The highest BCUT2D eigenvalue weighted by Crippen LogP contribution is 2.63. The molecule has 0 radical (unpaired) electrons. The van der Waals surface area contributed by atoms with Crippen LogP contribution in [0.25, 0.3) is 0 Å². The molecule has 5 rings (SSSR count). The SMILES string of the molecule is CN1C(=O)C=C[C@@]2(C)C1CC[C@@H]1[C@H]2CC[C@]2(C)C(NS(=O)c3ccccc3)CC[C@@H]12. The van der Waals surface area contributed by atoms with E-state index in [-0.39, 0.29) is 16.7 Å². The zero-order chi connectivity index (χ0) is 21.1. The Hall–Kier alpha value is -1.46. The van der Waals surface area contributed by atoms with Crippen LogP contribution in [0, 0.1) is 28.6 Å². The Balaban J connectivity index is 1.37. The quantitative estimate of drug-likeness (QED) is 0.783. The van der Waals surface area contributed by atoms with Crippen molar-refractivity contribution < 1.29 is 9.00 Å².